The third kappa shape index (κ3) is 1.22. The molecule has 1 aromatic carbocycles. The van der Waals surface area contributed by atoms with Crippen LogP contribution in [0.15, 0.2) is 30.3 Å². The van der Waals surface area contributed by atoms with Crippen molar-refractivity contribution in [1.82, 2.24) is 0 Å². The van der Waals surface area contributed by atoms with Gasteiger partial charge in [-0.3, -0.25) is 4.79 Å². The highest BCUT2D eigenvalue weighted by molar-refractivity contribution is 5.83. The first-order valence-corrected chi connectivity index (χ1v) is 6.94. The lowest BCUT2D eigenvalue weighted by Crippen LogP contribution is -2.44. The molecule has 0 spiro atoms. The van der Waals surface area contributed by atoms with Gasteiger partial charge in [0.15, 0.2) is 5.41 Å². The van der Waals surface area contributed by atoms with Crippen molar-refractivity contribution < 1.29 is 14.3 Å². The van der Waals surface area contributed by atoms with Crippen molar-refractivity contribution in [2.24, 2.45) is 17.3 Å². The van der Waals surface area contributed by atoms with Gasteiger partial charge < -0.3 is 9.47 Å². The lowest BCUT2D eigenvalue weighted by atomic mass is 9.64. The highest BCUT2D eigenvalue weighted by atomic mass is 16.6. The highest BCUT2D eigenvalue weighted by Crippen LogP contribution is 2.70. The van der Waals surface area contributed by atoms with Gasteiger partial charge >= 0.3 is 5.97 Å². The van der Waals surface area contributed by atoms with Gasteiger partial charge in [-0.25, -0.2) is 0 Å². The van der Waals surface area contributed by atoms with E-state index in [4.69, 9.17) is 9.47 Å². The molecule has 0 unspecified atom stereocenters. The number of nitriles is 1. The number of carbonyl (C=O) groups is 1. The lowest BCUT2D eigenvalue weighted by Gasteiger charge is -2.34. The van der Waals surface area contributed by atoms with Crippen LogP contribution < -0.4 is 0 Å². The van der Waals surface area contributed by atoms with E-state index in [0.717, 1.165) is 12.0 Å². The van der Waals surface area contributed by atoms with Crippen LogP contribution >= 0.6 is 0 Å². The van der Waals surface area contributed by atoms with Gasteiger partial charge in [0, 0.05) is 11.8 Å². The quantitative estimate of drug-likeness (QED) is 0.607. The van der Waals surface area contributed by atoms with Crippen LogP contribution in [0.1, 0.15) is 17.9 Å². The predicted octanol–water partition coefficient (Wildman–Crippen LogP) is 1.87. The Morgan fingerprint density at radius 3 is 2.80 bits per heavy atom. The van der Waals surface area contributed by atoms with Gasteiger partial charge in [-0.2, -0.15) is 5.26 Å². The number of carbonyl (C=O) groups excluding carboxylic acids is 1. The van der Waals surface area contributed by atoms with E-state index in [1.54, 1.807) is 0 Å². The molecule has 2 bridgehead atoms. The average molecular weight is 269 g/mol. The molecule has 3 aliphatic rings. The van der Waals surface area contributed by atoms with Crippen molar-refractivity contribution in [2.75, 3.05) is 7.11 Å². The molecule has 102 valence electrons. The molecular weight excluding hydrogens is 254 g/mol. The van der Waals surface area contributed by atoms with E-state index < -0.39 is 11.4 Å². The Bertz CT molecular complexity index is 608. The van der Waals surface area contributed by atoms with Crippen molar-refractivity contribution >= 4 is 5.97 Å². The molecular formula is C16H15NO3. The van der Waals surface area contributed by atoms with Crippen LogP contribution in [0.2, 0.25) is 0 Å². The summed E-state index contributed by atoms with van der Waals surface area (Å²) < 4.78 is 10.7. The third-order valence-electron chi connectivity index (χ3n) is 5.28. The maximum absolute atomic E-state index is 12.4. The lowest BCUT2D eigenvalue weighted by molar-refractivity contribution is -0.152. The monoisotopic (exact) mass is 269 g/mol. The topological polar surface area (TPSA) is 62.6 Å². The zero-order valence-electron chi connectivity index (χ0n) is 11.2. The van der Waals surface area contributed by atoms with Crippen molar-refractivity contribution in [3.8, 4) is 6.07 Å². The maximum atomic E-state index is 12.4. The fraction of sp³-hybridized carbons (Fsp3) is 0.500. The fourth-order valence-electron chi connectivity index (χ4n) is 4.52. The Hall–Kier alpha value is -1.86. The van der Waals surface area contributed by atoms with Gasteiger partial charge in [0.1, 0.15) is 0 Å². The minimum absolute atomic E-state index is 0.0276. The third-order valence-corrected chi connectivity index (χ3v) is 5.28. The standard InChI is InChI=1S/C16H15NO3/c1-19-15(18)16(8-17)11-7-10(13-14(11)20-13)12(16)9-5-3-2-4-6-9/h2-6,10-14H,7H2,1H3/t10-,11-,12+,13+,14-,16+/m1/s1. The number of methoxy groups -OCH3 is 1. The first-order valence-electron chi connectivity index (χ1n) is 6.94. The molecule has 1 aliphatic heterocycles. The van der Waals surface area contributed by atoms with Crippen LogP contribution in [0.4, 0.5) is 0 Å². The second-order valence-electron chi connectivity index (χ2n) is 5.93. The molecule has 4 rings (SSSR count). The van der Waals surface area contributed by atoms with Crippen LogP contribution in [-0.2, 0) is 14.3 Å². The van der Waals surface area contributed by atoms with E-state index in [1.165, 1.54) is 7.11 Å². The Morgan fingerprint density at radius 2 is 2.15 bits per heavy atom. The highest BCUT2D eigenvalue weighted by Gasteiger charge is 2.76. The van der Waals surface area contributed by atoms with E-state index in [1.807, 2.05) is 30.3 Å². The molecule has 1 saturated heterocycles. The van der Waals surface area contributed by atoms with E-state index in [0.29, 0.717) is 0 Å². The minimum Gasteiger partial charge on any atom is -0.468 e. The van der Waals surface area contributed by atoms with Crippen LogP contribution in [0.25, 0.3) is 0 Å². The predicted molar refractivity (Wildman–Crippen MR) is 69.5 cm³/mol. The summed E-state index contributed by atoms with van der Waals surface area (Å²) in [6.45, 7) is 0. The number of epoxide rings is 1. The molecule has 3 fully saturated rings. The number of fused-ring (bicyclic) bond motifs is 5. The number of hydrogen-bond acceptors (Lipinski definition) is 4. The van der Waals surface area contributed by atoms with E-state index >= 15 is 0 Å². The van der Waals surface area contributed by atoms with Crippen LogP contribution in [0.5, 0.6) is 0 Å². The normalized spacial score (nSPS) is 43.7. The van der Waals surface area contributed by atoms with Crippen molar-refractivity contribution in [3.05, 3.63) is 35.9 Å². The maximum Gasteiger partial charge on any atom is 0.327 e. The fourth-order valence-corrected chi connectivity index (χ4v) is 4.52. The Kier molecular flexibility index (Phi) is 2.28. The van der Waals surface area contributed by atoms with E-state index in [-0.39, 0.29) is 30.0 Å². The van der Waals surface area contributed by atoms with Gasteiger partial charge in [-0.1, -0.05) is 30.3 Å². The molecule has 0 amide bonds. The van der Waals surface area contributed by atoms with Crippen molar-refractivity contribution in [2.45, 2.75) is 24.5 Å². The molecule has 20 heavy (non-hydrogen) atoms. The Balaban J connectivity index is 1.87. The van der Waals surface area contributed by atoms with Crippen molar-refractivity contribution in [1.29, 1.82) is 5.26 Å². The number of nitrogens with zero attached hydrogens (tertiary/aromatic N) is 1. The van der Waals surface area contributed by atoms with Crippen LogP contribution in [0, 0.1) is 28.6 Å². The number of ether oxygens (including phenoxy) is 2. The van der Waals surface area contributed by atoms with Gasteiger partial charge in [0.2, 0.25) is 0 Å². The summed E-state index contributed by atoms with van der Waals surface area (Å²) >= 11 is 0. The largest absolute Gasteiger partial charge is 0.468 e. The minimum atomic E-state index is -1.08. The number of hydrogen-bond donors (Lipinski definition) is 0. The summed E-state index contributed by atoms with van der Waals surface area (Å²) in [6, 6.07) is 12.2. The molecule has 0 aromatic heterocycles. The SMILES string of the molecule is COC(=O)[C@@]1(C#N)[C@@H]2C[C@@H]([C@@H]3O[C@@H]32)[C@@H]1c1ccccc1. The van der Waals surface area contributed by atoms with Gasteiger partial charge in [0.05, 0.1) is 25.4 Å². The van der Waals surface area contributed by atoms with E-state index in [9.17, 15) is 10.1 Å². The van der Waals surface area contributed by atoms with Gasteiger partial charge in [0.25, 0.3) is 0 Å². The summed E-state index contributed by atoms with van der Waals surface area (Å²) in [5.74, 6) is -0.295. The Morgan fingerprint density at radius 1 is 1.40 bits per heavy atom. The number of rotatable bonds is 2. The first kappa shape index (κ1) is 11.9. The molecule has 2 saturated carbocycles. The molecule has 1 aromatic rings. The van der Waals surface area contributed by atoms with E-state index in [2.05, 4.69) is 6.07 Å². The number of esters is 1. The molecule has 6 atom stereocenters. The molecule has 1 heterocycles. The zero-order chi connectivity index (χ0) is 13.9. The van der Waals surface area contributed by atoms with Crippen LogP contribution in [0.3, 0.4) is 0 Å². The molecule has 4 heteroatoms. The summed E-state index contributed by atoms with van der Waals surface area (Å²) in [5, 5.41) is 9.80. The van der Waals surface area contributed by atoms with Gasteiger partial charge in [-0.15, -0.1) is 0 Å². The smallest absolute Gasteiger partial charge is 0.327 e. The summed E-state index contributed by atoms with van der Waals surface area (Å²) in [4.78, 5) is 12.4. The molecule has 0 N–H and O–H groups in total. The molecule has 2 aliphatic carbocycles. The second kappa shape index (κ2) is 3.83. The number of benzene rings is 1. The average Bonchev–Trinajstić information content (AvgIpc) is 3.14. The molecule has 4 nitrogen and oxygen atoms in total. The van der Waals surface area contributed by atoms with Gasteiger partial charge in [-0.05, 0) is 17.9 Å². The summed E-state index contributed by atoms with van der Waals surface area (Å²) in [6.07, 6.45) is 1.20. The molecule has 0 radical (unpaired) electrons. The second-order valence-corrected chi connectivity index (χ2v) is 5.93. The Labute approximate surface area is 117 Å². The summed E-state index contributed by atoms with van der Waals surface area (Å²) in [7, 11) is 1.36. The van der Waals surface area contributed by atoms with Crippen molar-refractivity contribution in [3.63, 3.8) is 0 Å². The summed E-state index contributed by atoms with van der Waals surface area (Å²) in [5.41, 5.74) is -0.0424. The first-order chi connectivity index (χ1) is 9.74. The van der Waals surface area contributed by atoms with Crippen LogP contribution in [-0.4, -0.2) is 25.3 Å². The zero-order valence-corrected chi connectivity index (χ0v) is 11.2.